The smallest absolute Gasteiger partial charge is 0.225 e. The van der Waals surface area contributed by atoms with Gasteiger partial charge in [-0.2, -0.15) is 0 Å². The number of piperidine rings is 2. The van der Waals surface area contributed by atoms with E-state index in [0.717, 1.165) is 26.2 Å². The molecule has 0 radical (unpaired) electrons. The number of carbonyl (C=O) groups is 1. The SMILES string of the molecule is CC(C)C(=O)N1CCCC2(CCNCC2)C1. The molecule has 0 aromatic rings. The zero-order valence-corrected chi connectivity index (χ0v) is 10.6. The van der Waals surface area contributed by atoms with Crippen molar-refractivity contribution < 1.29 is 4.79 Å². The number of hydrogen-bond donors (Lipinski definition) is 1. The lowest BCUT2D eigenvalue weighted by Crippen LogP contribution is -2.51. The van der Waals surface area contributed by atoms with Crippen LogP contribution < -0.4 is 5.32 Å². The summed E-state index contributed by atoms with van der Waals surface area (Å²) in [5.41, 5.74) is 0.439. The summed E-state index contributed by atoms with van der Waals surface area (Å²) in [4.78, 5) is 14.1. The molecule has 2 aliphatic rings. The third-order valence-corrected chi connectivity index (χ3v) is 4.13. The van der Waals surface area contributed by atoms with E-state index in [4.69, 9.17) is 0 Å². The summed E-state index contributed by atoms with van der Waals surface area (Å²) < 4.78 is 0. The highest BCUT2D eigenvalue weighted by Gasteiger charge is 2.38. The first-order valence-corrected chi connectivity index (χ1v) is 6.62. The first-order chi connectivity index (χ1) is 7.63. The van der Waals surface area contributed by atoms with Crippen molar-refractivity contribution in [1.29, 1.82) is 0 Å². The summed E-state index contributed by atoms with van der Waals surface area (Å²) in [5.74, 6) is 0.495. The molecule has 0 atom stereocenters. The van der Waals surface area contributed by atoms with Gasteiger partial charge in [0.1, 0.15) is 0 Å². The Morgan fingerprint density at radius 3 is 2.56 bits per heavy atom. The van der Waals surface area contributed by atoms with Gasteiger partial charge in [-0.05, 0) is 44.2 Å². The molecule has 0 unspecified atom stereocenters. The Morgan fingerprint density at radius 1 is 1.25 bits per heavy atom. The van der Waals surface area contributed by atoms with Crippen LogP contribution in [0.2, 0.25) is 0 Å². The molecule has 1 N–H and O–H groups in total. The highest BCUT2D eigenvalue weighted by molar-refractivity contribution is 5.78. The van der Waals surface area contributed by atoms with Crippen molar-refractivity contribution in [2.45, 2.75) is 39.5 Å². The number of carbonyl (C=O) groups excluding carboxylic acids is 1. The summed E-state index contributed by atoms with van der Waals surface area (Å²) in [6, 6.07) is 0. The van der Waals surface area contributed by atoms with Crippen molar-refractivity contribution in [1.82, 2.24) is 10.2 Å². The predicted molar refractivity (Wildman–Crippen MR) is 65.2 cm³/mol. The molecule has 0 saturated carbocycles. The maximum atomic E-state index is 12.0. The Hall–Kier alpha value is -0.570. The van der Waals surface area contributed by atoms with Gasteiger partial charge in [-0.1, -0.05) is 13.8 Å². The van der Waals surface area contributed by atoms with E-state index in [1.54, 1.807) is 0 Å². The standard InChI is InChI=1S/C13H24N2O/c1-11(2)12(16)15-9-3-4-13(10-15)5-7-14-8-6-13/h11,14H,3-10H2,1-2H3. The number of amides is 1. The number of rotatable bonds is 1. The third kappa shape index (κ3) is 2.40. The number of likely N-dealkylation sites (tertiary alicyclic amines) is 1. The van der Waals surface area contributed by atoms with Gasteiger partial charge >= 0.3 is 0 Å². The highest BCUT2D eigenvalue weighted by atomic mass is 16.2. The second-order valence-electron chi connectivity index (χ2n) is 5.77. The molecule has 3 heteroatoms. The number of nitrogens with one attached hydrogen (secondary N) is 1. The molecule has 0 aromatic carbocycles. The Kier molecular flexibility index (Phi) is 3.53. The van der Waals surface area contributed by atoms with E-state index in [9.17, 15) is 4.79 Å². The summed E-state index contributed by atoms with van der Waals surface area (Å²) in [7, 11) is 0. The van der Waals surface area contributed by atoms with E-state index in [1.807, 2.05) is 13.8 Å². The monoisotopic (exact) mass is 224 g/mol. The summed E-state index contributed by atoms with van der Waals surface area (Å²) >= 11 is 0. The van der Waals surface area contributed by atoms with Crippen molar-refractivity contribution in [3.8, 4) is 0 Å². The van der Waals surface area contributed by atoms with Crippen LogP contribution in [-0.4, -0.2) is 37.0 Å². The van der Waals surface area contributed by atoms with Gasteiger partial charge in [0.05, 0.1) is 0 Å². The third-order valence-electron chi connectivity index (χ3n) is 4.13. The fourth-order valence-electron chi connectivity index (χ4n) is 3.13. The molecule has 92 valence electrons. The largest absolute Gasteiger partial charge is 0.342 e. The minimum atomic E-state index is 0.150. The van der Waals surface area contributed by atoms with Crippen molar-refractivity contribution in [2.75, 3.05) is 26.2 Å². The van der Waals surface area contributed by atoms with E-state index in [0.29, 0.717) is 11.3 Å². The van der Waals surface area contributed by atoms with Crippen LogP contribution in [0.4, 0.5) is 0 Å². The lowest BCUT2D eigenvalue weighted by Gasteiger charge is -2.45. The van der Waals surface area contributed by atoms with Crippen molar-refractivity contribution >= 4 is 5.91 Å². The maximum Gasteiger partial charge on any atom is 0.225 e. The lowest BCUT2D eigenvalue weighted by atomic mass is 9.73. The van der Waals surface area contributed by atoms with E-state index in [-0.39, 0.29) is 5.92 Å². The van der Waals surface area contributed by atoms with E-state index >= 15 is 0 Å². The topological polar surface area (TPSA) is 32.3 Å². The summed E-state index contributed by atoms with van der Waals surface area (Å²) in [6.45, 7) is 8.25. The fourth-order valence-corrected chi connectivity index (χ4v) is 3.13. The minimum Gasteiger partial charge on any atom is -0.342 e. The molecule has 2 fully saturated rings. The van der Waals surface area contributed by atoms with E-state index in [1.165, 1.54) is 25.7 Å². The lowest BCUT2D eigenvalue weighted by molar-refractivity contribution is -0.138. The van der Waals surface area contributed by atoms with E-state index < -0.39 is 0 Å². The molecule has 2 rings (SSSR count). The molecule has 1 spiro atoms. The van der Waals surface area contributed by atoms with Crippen molar-refractivity contribution in [2.24, 2.45) is 11.3 Å². The van der Waals surface area contributed by atoms with Crippen molar-refractivity contribution in [3.05, 3.63) is 0 Å². The van der Waals surface area contributed by atoms with Crippen LogP contribution in [0.3, 0.4) is 0 Å². The second-order valence-corrected chi connectivity index (χ2v) is 5.77. The molecule has 1 amide bonds. The van der Waals surface area contributed by atoms with Crippen LogP contribution in [0.1, 0.15) is 39.5 Å². The Labute approximate surface area is 98.6 Å². The molecular formula is C13H24N2O. The molecule has 2 aliphatic heterocycles. The van der Waals surface area contributed by atoms with Gasteiger partial charge in [0.15, 0.2) is 0 Å². The molecule has 0 aliphatic carbocycles. The van der Waals surface area contributed by atoms with Crippen LogP contribution in [-0.2, 0) is 4.79 Å². The fraction of sp³-hybridized carbons (Fsp3) is 0.923. The zero-order chi connectivity index (χ0) is 11.6. The molecule has 2 heterocycles. The van der Waals surface area contributed by atoms with Crippen LogP contribution in [0.25, 0.3) is 0 Å². The van der Waals surface area contributed by atoms with Gasteiger partial charge < -0.3 is 10.2 Å². The quantitative estimate of drug-likeness (QED) is 0.734. The average Bonchev–Trinajstić information content (AvgIpc) is 2.29. The Balaban J connectivity index is 2.00. The summed E-state index contributed by atoms with van der Waals surface area (Å²) in [5, 5.41) is 3.42. The molecule has 0 bridgehead atoms. The molecule has 16 heavy (non-hydrogen) atoms. The molecule has 2 saturated heterocycles. The van der Waals surface area contributed by atoms with Gasteiger partial charge in [-0.3, -0.25) is 4.79 Å². The summed E-state index contributed by atoms with van der Waals surface area (Å²) in [6.07, 6.45) is 5.00. The maximum absolute atomic E-state index is 12.0. The number of hydrogen-bond acceptors (Lipinski definition) is 2. The van der Waals surface area contributed by atoms with Gasteiger partial charge in [0.25, 0.3) is 0 Å². The minimum absolute atomic E-state index is 0.150. The van der Waals surface area contributed by atoms with Crippen molar-refractivity contribution in [3.63, 3.8) is 0 Å². The number of nitrogens with zero attached hydrogens (tertiary/aromatic N) is 1. The van der Waals surface area contributed by atoms with Gasteiger partial charge in [0, 0.05) is 19.0 Å². The molecular weight excluding hydrogens is 200 g/mol. The zero-order valence-electron chi connectivity index (χ0n) is 10.6. The van der Waals surface area contributed by atoms with Crippen LogP contribution >= 0.6 is 0 Å². The van der Waals surface area contributed by atoms with Crippen LogP contribution in [0.5, 0.6) is 0 Å². The van der Waals surface area contributed by atoms with Gasteiger partial charge in [-0.15, -0.1) is 0 Å². The van der Waals surface area contributed by atoms with Gasteiger partial charge in [0.2, 0.25) is 5.91 Å². The van der Waals surface area contributed by atoms with Gasteiger partial charge in [-0.25, -0.2) is 0 Å². The normalized spacial score (nSPS) is 25.1. The van der Waals surface area contributed by atoms with Crippen LogP contribution in [0, 0.1) is 11.3 Å². The highest BCUT2D eigenvalue weighted by Crippen LogP contribution is 2.38. The first-order valence-electron chi connectivity index (χ1n) is 6.62. The second kappa shape index (κ2) is 4.74. The van der Waals surface area contributed by atoms with E-state index in [2.05, 4.69) is 10.2 Å². The molecule has 3 nitrogen and oxygen atoms in total. The van der Waals surface area contributed by atoms with Crippen LogP contribution in [0.15, 0.2) is 0 Å². The molecule has 0 aromatic heterocycles. The predicted octanol–water partition coefficient (Wildman–Crippen LogP) is 1.63. The first kappa shape index (κ1) is 11.9. The Bertz CT molecular complexity index is 251. The Morgan fingerprint density at radius 2 is 1.94 bits per heavy atom. The average molecular weight is 224 g/mol.